The highest BCUT2D eigenvalue weighted by molar-refractivity contribution is 5.73. The van der Waals surface area contributed by atoms with Gasteiger partial charge in [0.15, 0.2) is 0 Å². The molecule has 0 aliphatic heterocycles. The first kappa shape index (κ1) is 18.7. The lowest BCUT2D eigenvalue weighted by Crippen LogP contribution is -2.40. The van der Waals surface area contributed by atoms with Gasteiger partial charge < -0.3 is 15.7 Å². The zero-order valence-corrected chi connectivity index (χ0v) is 13.3. The quantitative estimate of drug-likeness (QED) is 0.609. The highest BCUT2D eigenvalue weighted by Gasteiger charge is 2.13. The minimum Gasteiger partial charge on any atom is -0.481 e. The van der Waals surface area contributed by atoms with Gasteiger partial charge in [0.1, 0.15) is 0 Å². The van der Waals surface area contributed by atoms with Gasteiger partial charge >= 0.3 is 12.0 Å². The number of rotatable bonds is 9. The largest absolute Gasteiger partial charge is 0.481 e. The van der Waals surface area contributed by atoms with Crippen molar-refractivity contribution < 1.29 is 14.7 Å². The van der Waals surface area contributed by atoms with Gasteiger partial charge in [-0.15, -0.1) is 0 Å². The summed E-state index contributed by atoms with van der Waals surface area (Å²) in [5, 5.41) is 14.4. The number of carbonyl (C=O) groups is 2. The first-order chi connectivity index (χ1) is 9.24. The highest BCUT2D eigenvalue weighted by Crippen LogP contribution is 2.17. The summed E-state index contributed by atoms with van der Waals surface area (Å²) in [6, 6.07) is -0.145. The Morgan fingerprint density at radius 2 is 1.75 bits per heavy atom. The molecule has 5 heteroatoms. The van der Waals surface area contributed by atoms with E-state index in [4.69, 9.17) is 5.11 Å². The van der Waals surface area contributed by atoms with Crippen molar-refractivity contribution in [3.05, 3.63) is 0 Å². The molecule has 0 aliphatic rings. The van der Waals surface area contributed by atoms with E-state index in [9.17, 15) is 9.59 Å². The van der Waals surface area contributed by atoms with Crippen molar-refractivity contribution in [2.45, 2.75) is 59.8 Å². The number of nitrogens with one attached hydrogen (secondary N) is 2. The molecule has 0 rings (SSSR count). The van der Waals surface area contributed by atoms with Gasteiger partial charge in [0.05, 0.1) is 0 Å². The monoisotopic (exact) mass is 286 g/mol. The lowest BCUT2D eigenvalue weighted by atomic mass is 9.94. The van der Waals surface area contributed by atoms with E-state index in [1.165, 1.54) is 0 Å². The van der Waals surface area contributed by atoms with Crippen LogP contribution in [0, 0.1) is 11.3 Å². The van der Waals surface area contributed by atoms with Crippen LogP contribution in [0.1, 0.15) is 59.8 Å². The Morgan fingerprint density at radius 1 is 1.10 bits per heavy atom. The van der Waals surface area contributed by atoms with E-state index in [-0.39, 0.29) is 17.9 Å². The molecule has 118 valence electrons. The second kappa shape index (κ2) is 9.61. The first-order valence-electron chi connectivity index (χ1n) is 7.48. The van der Waals surface area contributed by atoms with Crippen LogP contribution in [-0.2, 0) is 4.79 Å². The number of carboxylic acids is 1. The van der Waals surface area contributed by atoms with Crippen molar-refractivity contribution in [2.75, 3.05) is 13.1 Å². The molecule has 3 N–H and O–H groups in total. The molecule has 0 aromatic carbocycles. The number of hydrogen-bond donors (Lipinski definition) is 3. The van der Waals surface area contributed by atoms with Crippen molar-refractivity contribution in [3.63, 3.8) is 0 Å². The third kappa shape index (κ3) is 11.8. The van der Waals surface area contributed by atoms with Crippen LogP contribution in [0.2, 0.25) is 0 Å². The molecule has 0 fully saturated rings. The second-order valence-corrected chi connectivity index (χ2v) is 6.55. The number of hydrogen-bond acceptors (Lipinski definition) is 2. The first-order valence-corrected chi connectivity index (χ1v) is 7.48. The Labute approximate surface area is 122 Å². The van der Waals surface area contributed by atoms with Crippen LogP contribution in [-0.4, -0.2) is 30.2 Å². The summed E-state index contributed by atoms with van der Waals surface area (Å²) in [6.45, 7) is 9.52. The molecular formula is C15H30N2O3. The minimum absolute atomic E-state index is 0.0730. The molecule has 0 radical (unpaired) electrons. The standard InChI is InChI=1S/C15H30N2O3/c1-5-6-12(7-8-13(18)19)9-10-16-14(20)17-11-15(2,3)4/h12H,5-11H2,1-4H3,(H,18,19)(H2,16,17,20). The molecule has 0 saturated carbocycles. The van der Waals surface area contributed by atoms with E-state index in [0.717, 1.165) is 19.3 Å². The van der Waals surface area contributed by atoms with Crippen LogP contribution in [0.4, 0.5) is 4.79 Å². The SMILES string of the molecule is CCCC(CCNC(=O)NCC(C)(C)C)CCC(=O)O. The summed E-state index contributed by atoms with van der Waals surface area (Å²) < 4.78 is 0. The summed E-state index contributed by atoms with van der Waals surface area (Å²) in [6.07, 6.45) is 3.79. The average Bonchev–Trinajstić information content (AvgIpc) is 2.32. The third-order valence-electron chi connectivity index (χ3n) is 3.08. The molecular weight excluding hydrogens is 256 g/mol. The predicted octanol–water partition coefficient (Wildman–Crippen LogP) is 3.00. The van der Waals surface area contributed by atoms with E-state index < -0.39 is 5.97 Å². The number of carboxylic acid groups (broad SMARTS) is 1. The Kier molecular flexibility index (Phi) is 9.01. The third-order valence-corrected chi connectivity index (χ3v) is 3.08. The molecule has 20 heavy (non-hydrogen) atoms. The van der Waals surface area contributed by atoms with Crippen LogP contribution in [0.25, 0.3) is 0 Å². The molecule has 0 spiro atoms. The second-order valence-electron chi connectivity index (χ2n) is 6.55. The van der Waals surface area contributed by atoms with Crippen molar-refractivity contribution in [1.82, 2.24) is 10.6 Å². The van der Waals surface area contributed by atoms with Gasteiger partial charge in [-0.3, -0.25) is 4.79 Å². The van der Waals surface area contributed by atoms with Crippen molar-refractivity contribution >= 4 is 12.0 Å². The molecule has 1 unspecified atom stereocenters. The number of aliphatic carboxylic acids is 1. The Morgan fingerprint density at radius 3 is 2.25 bits per heavy atom. The molecule has 0 aromatic heterocycles. The van der Waals surface area contributed by atoms with Gasteiger partial charge in [-0.1, -0.05) is 40.5 Å². The molecule has 2 amide bonds. The van der Waals surface area contributed by atoms with Crippen molar-refractivity contribution in [2.24, 2.45) is 11.3 Å². The van der Waals surface area contributed by atoms with Crippen LogP contribution >= 0.6 is 0 Å². The van der Waals surface area contributed by atoms with E-state index in [2.05, 4.69) is 38.3 Å². The van der Waals surface area contributed by atoms with Crippen molar-refractivity contribution in [3.8, 4) is 0 Å². The molecule has 1 atom stereocenters. The van der Waals surface area contributed by atoms with Crippen LogP contribution in [0.15, 0.2) is 0 Å². The Bertz CT molecular complexity index is 298. The van der Waals surface area contributed by atoms with Gasteiger partial charge in [-0.25, -0.2) is 4.79 Å². The van der Waals surface area contributed by atoms with E-state index >= 15 is 0 Å². The van der Waals surface area contributed by atoms with Gasteiger partial charge in [0.2, 0.25) is 0 Å². The molecule has 0 aliphatic carbocycles. The maximum absolute atomic E-state index is 11.6. The van der Waals surface area contributed by atoms with Crippen LogP contribution < -0.4 is 10.6 Å². The molecule has 5 nitrogen and oxygen atoms in total. The fourth-order valence-corrected chi connectivity index (χ4v) is 1.97. The summed E-state index contributed by atoms with van der Waals surface area (Å²) in [5.74, 6) is -0.374. The lowest BCUT2D eigenvalue weighted by Gasteiger charge is -2.19. The topological polar surface area (TPSA) is 78.4 Å². The highest BCUT2D eigenvalue weighted by atomic mass is 16.4. The minimum atomic E-state index is -0.748. The molecule has 0 aromatic rings. The summed E-state index contributed by atoms with van der Waals surface area (Å²) in [5.41, 5.74) is 0.0730. The Balaban J connectivity index is 3.86. The molecule has 0 heterocycles. The zero-order valence-electron chi connectivity index (χ0n) is 13.3. The maximum Gasteiger partial charge on any atom is 0.314 e. The smallest absolute Gasteiger partial charge is 0.314 e. The van der Waals surface area contributed by atoms with Gasteiger partial charge in [-0.05, 0) is 24.2 Å². The average molecular weight is 286 g/mol. The zero-order chi connectivity index (χ0) is 15.6. The summed E-state index contributed by atoms with van der Waals surface area (Å²) >= 11 is 0. The summed E-state index contributed by atoms with van der Waals surface area (Å²) in [4.78, 5) is 22.2. The molecule has 0 bridgehead atoms. The van der Waals surface area contributed by atoms with Gasteiger partial charge in [-0.2, -0.15) is 0 Å². The van der Waals surface area contributed by atoms with Crippen LogP contribution in [0.3, 0.4) is 0 Å². The number of amides is 2. The predicted molar refractivity (Wildman–Crippen MR) is 80.7 cm³/mol. The normalized spacial score (nSPS) is 12.8. The van der Waals surface area contributed by atoms with Gasteiger partial charge in [0.25, 0.3) is 0 Å². The van der Waals surface area contributed by atoms with E-state index in [0.29, 0.717) is 25.4 Å². The molecule has 0 saturated heterocycles. The summed E-state index contributed by atoms with van der Waals surface area (Å²) in [7, 11) is 0. The fourth-order valence-electron chi connectivity index (χ4n) is 1.97. The fraction of sp³-hybridized carbons (Fsp3) is 0.867. The lowest BCUT2D eigenvalue weighted by molar-refractivity contribution is -0.137. The number of urea groups is 1. The van der Waals surface area contributed by atoms with Crippen molar-refractivity contribution in [1.29, 1.82) is 0 Å². The maximum atomic E-state index is 11.6. The van der Waals surface area contributed by atoms with Crippen LogP contribution in [0.5, 0.6) is 0 Å². The van der Waals surface area contributed by atoms with E-state index in [1.54, 1.807) is 0 Å². The van der Waals surface area contributed by atoms with E-state index in [1.807, 2.05) is 0 Å². The Hall–Kier alpha value is -1.26. The van der Waals surface area contributed by atoms with Gasteiger partial charge in [0, 0.05) is 19.5 Å². The number of carbonyl (C=O) groups excluding carboxylic acids is 1.